The molecule has 0 bridgehead atoms. The first kappa shape index (κ1) is 12.0. The molecule has 1 heterocycles. The third-order valence-corrected chi connectivity index (χ3v) is 2.61. The van der Waals surface area contributed by atoms with E-state index in [1.165, 1.54) is 0 Å². The lowest BCUT2D eigenvalue weighted by molar-refractivity contribution is -0.148. The largest absolute Gasteiger partial charge is 0.466 e. The molecule has 0 saturated heterocycles. The van der Waals surface area contributed by atoms with Crippen molar-refractivity contribution in [2.75, 3.05) is 6.61 Å². The summed E-state index contributed by atoms with van der Waals surface area (Å²) in [5.74, 6) is -0.0596. The molecule has 1 N–H and O–H groups in total. The average molecular weight is 231 g/mol. The average Bonchev–Trinajstić information content (AvgIpc) is 2.64. The molecule has 0 spiro atoms. The second-order valence-electron chi connectivity index (χ2n) is 3.52. The minimum absolute atomic E-state index is 0. The summed E-state index contributed by atoms with van der Waals surface area (Å²) < 4.78 is 5.00. The zero-order valence-corrected chi connectivity index (χ0v) is 9.47. The molecule has 0 radical (unpaired) electrons. The van der Waals surface area contributed by atoms with Gasteiger partial charge in [-0.25, -0.2) is 4.98 Å². The highest BCUT2D eigenvalue weighted by Crippen LogP contribution is 2.23. The topological polar surface area (TPSA) is 55.0 Å². The second-order valence-corrected chi connectivity index (χ2v) is 3.52. The first-order valence-electron chi connectivity index (χ1n) is 4.99. The fraction of sp³-hybridized carbons (Fsp3) is 0.600. The molecular weight excluding hydrogens is 216 g/mol. The Balaban J connectivity index is 0.00000112. The van der Waals surface area contributed by atoms with Crippen molar-refractivity contribution in [1.82, 2.24) is 9.97 Å². The number of halogens is 1. The highest BCUT2D eigenvalue weighted by Gasteiger charge is 2.26. The molecule has 1 aromatic rings. The van der Waals surface area contributed by atoms with Crippen LogP contribution in [0.4, 0.5) is 0 Å². The quantitative estimate of drug-likeness (QED) is 0.784. The van der Waals surface area contributed by atoms with Gasteiger partial charge in [0.25, 0.3) is 0 Å². The number of aryl methyl sites for hydroxylation is 1. The van der Waals surface area contributed by atoms with Gasteiger partial charge in [0.1, 0.15) is 0 Å². The Kier molecular flexibility index (Phi) is 4.15. The van der Waals surface area contributed by atoms with Gasteiger partial charge in [0.2, 0.25) is 0 Å². The number of aromatic nitrogens is 2. The molecule has 2 rings (SSSR count). The van der Waals surface area contributed by atoms with Crippen LogP contribution in [-0.4, -0.2) is 22.5 Å². The van der Waals surface area contributed by atoms with Gasteiger partial charge in [0, 0.05) is 12.1 Å². The highest BCUT2D eigenvalue weighted by molar-refractivity contribution is 5.85. The van der Waals surface area contributed by atoms with Crippen LogP contribution in [0.3, 0.4) is 0 Å². The van der Waals surface area contributed by atoms with Crippen molar-refractivity contribution in [3.8, 4) is 0 Å². The van der Waals surface area contributed by atoms with Gasteiger partial charge in [-0.2, -0.15) is 0 Å². The summed E-state index contributed by atoms with van der Waals surface area (Å²) >= 11 is 0. The van der Waals surface area contributed by atoms with Crippen LogP contribution >= 0.6 is 12.4 Å². The summed E-state index contributed by atoms with van der Waals surface area (Å²) in [5, 5.41) is 0. The standard InChI is InChI=1S/C10H14N2O2.ClH/c1-2-14-10(13)7-3-4-8-9(5-7)12-6-11-8;/h6-7H,2-5H2,1H3,(H,11,12);1H. The summed E-state index contributed by atoms with van der Waals surface area (Å²) in [6.07, 6.45) is 4.17. The minimum Gasteiger partial charge on any atom is -0.466 e. The predicted molar refractivity (Wildman–Crippen MR) is 58.0 cm³/mol. The number of ether oxygens (including phenoxy) is 1. The Bertz CT molecular complexity index is 338. The number of aromatic amines is 1. The Labute approximate surface area is 94.8 Å². The Morgan fingerprint density at radius 2 is 2.53 bits per heavy atom. The maximum absolute atomic E-state index is 11.5. The smallest absolute Gasteiger partial charge is 0.309 e. The van der Waals surface area contributed by atoms with E-state index in [2.05, 4.69) is 9.97 Å². The Morgan fingerprint density at radius 1 is 1.73 bits per heavy atom. The third kappa shape index (κ3) is 2.50. The summed E-state index contributed by atoms with van der Waals surface area (Å²) in [4.78, 5) is 18.7. The maximum atomic E-state index is 11.5. The van der Waals surface area contributed by atoms with Crippen molar-refractivity contribution in [3.05, 3.63) is 17.7 Å². The van der Waals surface area contributed by atoms with Crippen LogP contribution in [0.15, 0.2) is 6.33 Å². The van der Waals surface area contributed by atoms with E-state index in [1.807, 2.05) is 6.92 Å². The molecule has 0 aliphatic heterocycles. The molecule has 15 heavy (non-hydrogen) atoms. The van der Waals surface area contributed by atoms with Crippen LogP contribution in [0, 0.1) is 5.92 Å². The van der Waals surface area contributed by atoms with Crippen LogP contribution in [0.25, 0.3) is 0 Å². The maximum Gasteiger partial charge on any atom is 0.309 e. The molecule has 0 amide bonds. The van der Waals surface area contributed by atoms with Crippen LogP contribution in [0.5, 0.6) is 0 Å². The second kappa shape index (κ2) is 5.16. The molecule has 1 aliphatic rings. The summed E-state index contributed by atoms with van der Waals surface area (Å²) in [7, 11) is 0. The van der Waals surface area contributed by atoms with Crippen LogP contribution < -0.4 is 0 Å². The molecule has 1 atom stereocenters. The number of carbonyl (C=O) groups excluding carboxylic acids is 1. The normalized spacial score (nSPS) is 18.9. The Morgan fingerprint density at radius 3 is 3.27 bits per heavy atom. The fourth-order valence-electron chi connectivity index (χ4n) is 1.86. The highest BCUT2D eigenvalue weighted by atomic mass is 35.5. The molecule has 0 fully saturated rings. The third-order valence-electron chi connectivity index (χ3n) is 2.61. The van der Waals surface area contributed by atoms with Crippen molar-refractivity contribution in [1.29, 1.82) is 0 Å². The molecule has 0 saturated carbocycles. The van der Waals surface area contributed by atoms with Crippen molar-refractivity contribution in [2.24, 2.45) is 5.92 Å². The molecule has 1 unspecified atom stereocenters. The number of H-pyrrole nitrogens is 1. The molecule has 0 aromatic carbocycles. The Hall–Kier alpha value is -1.03. The molecule has 5 heteroatoms. The van der Waals surface area contributed by atoms with Crippen molar-refractivity contribution in [3.63, 3.8) is 0 Å². The number of fused-ring (bicyclic) bond motifs is 1. The van der Waals surface area contributed by atoms with Gasteiger partial charge in [-0.1, -0.05) is 0 Å². The van der Waals surface area contributed by atoms with E-state index in [9.17, 15) is 4.79 Å². The fourth-order valence-corrected chi connectivity index (χ4v) is 1.86. The number of hydrogen-bond acceptors (Lipinski definition) is 3. The van der Waals surface area contributed by atoms with Crippen LogP contribution in [-0.2, 0) is 22.4 Å². The SMILES string of the molecule is CCOC(=O)C1CCc2nc[nH]c2C1.Cl. The molecule has 4 nitrogen and oxygen atoms in total. The molecular formula is C10H15ClN2O2. The molecule has 1 aliphatic carbocycles. The number of rotatable bonds is 2. The number of nitrogens with one attached hydrogen (secondary N) is 1. The predicted octanol–water partition coefficient (Wildman–Crippen LogP) is 1.50. The van der Waals surface area contributed by atoms with Gasteiger partial charge in [0.05, 0.1) is 24.5 Å². The number of esters is 1. The van der Waals surface area contributed by atoms with Crippen LogP contribution in [0.2, 0.25) is 0 Å². The minimum atomic E-state index is -0.0762. The lowest BCUT2D eigenvalue weighted by Gasteiger charge is -2.19. The zero-order valence-electron chi connectivity index (χ0n) is 8.66. The number of nitrogens with zero attached hydrogens (tertiary/aromatic N) is 1. The van der Waals surface area contributed by atoms with Gasteiger partial charge in [0.15, 0.2) is 0 Å². The summed E-state index contributed by atoms with van der Waals surface area (Å²) in [5.41, 5.74) is 2.19. The van der Waals surface area contributed by atoms with E-state index in [4.69, 9.17) is 4.74 Å². The van der Waals surface area contributed by atoms with Gasteiger partial charge in [-0.15, -0.1) is 12.4 Å². The van der Waals surface area contributed by atoms with Crippen molar-refractivity contribution in [2.45, 2.75) is 26.2 Å². The van der Waals surface area contributed by atoms with Crippen molar-refractivity contribution < 1.29 is 9.53 Å². The zero-order chi connectivity index (χ0) is 9.97. The van der Waals surface area contributed by atoms with E-state index in [0.717, 1.165) is 30.7 Å². The van der Waals surface area contributed by atoms with E-state index in [0.29, 0.717) is 6.61 Å². The number of hydrogen-bond donors (Lipinski definition) is 1. The molecule has 84 valence electrons. The lowest BCUT2D eigenvalue weighted by atomic mass is 9.90. The van der Waals surface area contributed by atoms with Gasteiger partial charge < -0.3 is 9.72 Å². The lowest BCUT2D eigenvalue weighted by Crippen LogP contribution is -2.24. The van der Waals surface area contributed by atoms with Gasteiger partial charge >= 0.3 is 5.97 Å². The van der Waals surface area contributed by atoms with E-state index in [1.54, 1.807) is 6.33 Å². The van der Waals surface area contributed by atoms with E-state index < -0.39 is 0 Å². The number of imidazole rings is 1. The van der Waals surface area contributed by atoms with Crippen LogP contribution in [0.1, 0.15) is 24.7 Å². The first-order valence-corrected chi connectivity index (χ1v) is 4.99. The molecule has 1 aromatic heterocycles. The van der Waals surface area contributed by atoms with E-state index in [-0.39, 0.29) is 24.3 Å². The van der Waals surface area contributed by atoms with E-state index >= 15 is 0 Å². The summed E-state index contributed by atoms with van der Waals surface area (Å²) in [6.45, 7) is 2.30. The van der Waals surface area contributed by atoms with Gasteiger partial charge in [-0.3, -0.25) is 4.79 Å². The van der Waals surface area contributed by atoms with Crippen molar-refractivity contribution >= 4 is 18.4 Å². The first-order chi connectivity index (χ1) is 6.81. The van der Waals surface area contributed by atoms with Gasteiger partial charge in [-0.05, 0) is 19.8 Å². The summed E-state index contributed by atoms with van der Waals surface area (Å²) in [6, 6.07) is 0. The monoisotopic (exact) mass is 230 g/mol. The number of carbonyl (C=O) groups is 1.